The number of hydrogen-bond acceptors (Lipinski definition) is 6. The Morgan fingerprint density at radius 3 is 2.58 bits per heavy atom. The molecular weight excluding hydrogens is 326 g/mol. The van der Waals surface area contributed by atoms with Crippen molar-refractivity contribution >= 4 is 23.5 Å². The molecule has 0 spiro atoms. The van der Waals surface area contributed by atoms with E-state index >= 15 is 0 Å². The first-order chi connectivity index (χ1) is 11.6. The lowest BCUT2D eigenvalue weighted by Gasteiger charge is -2.15. The monoisotopic (exact) mass is 343 g/mol. The third-order valence-corrected chi connectivity index (χ3v) is 4.56. The Morgan fingerprint density at radius 1 is 1.17 bits per heavy atom. The van der Waals surface area contributed by atoms with E-state index in [4.69, 9.17) is 9.05 Å². The van der Waals surface area contributed by atoms with Crippen molar-refractivity contribution in [3.05, 3.63) is 65.2 Å². The van der Waals surface area contributed by atoms with Gasteiger partial charge in [0.1, 0.15) is 16.8 Å². The van der Waals surface area contributed by atoms with Gasteiger partial charge in [-0.15, -0.1) is 11.8 Å². The number of amides is 1. The molecule has 0 fully saturated rings. The first-order valence-corrected chi connectivity index (χ1v) is 8.49. The molecule has 2 aromatic heterocycles. The number of aryl methyl sites for hydroxylation is 2. The molecule has 1 atom stereocenters. The van der Waals surface area contributed by atoms with Crippen molar-refractivity contribution in [1.82, 2.24) is 10.3 Å². The second-order valence-corrected chi connectivity index (χ2v) is 6.44. The summed E-state index contributed by atoms with van der Waals surface area (Å²) in [4.78, 5) is 12.7. The molecule has 1 N–H and O–H groups in total. The molecule has 0 saturated heterocycles. The number of thioether (sulfide) groups is 1. The average molecular weight is 343 g/mol. The SMILES string of the molecule is Cc1cc(CS[C@@H](C(=O)Nc2cc(C)on2)c2ccccc2)on1. The zero-order valence-corrected chi connectivity index (χ0v) is 14.2. The second kappa shape index (κ2) is 7.35. The number of nitrogens with one attached hydrogen (secondary N) is 1. The van der Waals surface area contributed by atoms with E-state index in [2.05, 4.69) is 15.6 Å². The molecule has 7 heteroatoms. The Bertz CT molecular complexity index is 813. The van der Waals surface area contributed by atoms with Gasteiger partial charge in [-0.3, -0.25) is 4.79 Å². The van der Waals surface area contributed by atoms with E-state index in [1.807, 2.05) is 43.3 Å². The molecular formula is C17H17N3O3S. The fourth-order valence-corrected chi connectivity index (χ4v) is 3.24. The molecule has 124 valence electrons. The fraction of sp³-hybridized carbons (Fsp3) is 0.235. The van der Waals surface area contributed by atoms with Gasteiger partial charge in [0.05, 0.1) is 11.4 Å². The van der Waals surface area contributed by atoms with E-state index in [-0.39, 0.29) is 5.91 Å². The average Bonchev–Trinajstić information content (AvgIpc) is 3.17. The van der Waals surface area contributed by atoms with Gasteiger partial charge in [-0.1, -0.05) is 40.6 Å². The third-order valence-electron chi connectivity index (χ3n) is 3.29. The largest absolute Gasteiger partial charge is 0.360 e. The van der Waals surface area contributed by atoms with Crippen LogP contribution >= 0.6 is 11.8 Å². The van der Waals surface area contributed by atoms with Gasteiger partial charge in [0, 0.05) is 12.1 Å². The lowest BCUT2D eigenvalue weighted by Crippen LogP contribution is -2.19. The topological polar surface area (TPSA) is 81.2 Å². The highest BCUT2D eigenvalue weighted by atomic mass is 32.2. The van der Waals surface area contributed by atoms with Crippen LogP contribution < -0.4 is 5.32 Å². The van der Waals surface area contributed by atoms with E-state index < -0.39 is 5.25 Å². The highest BCUT2D eigenvalue weighted by Crippen LogP contribution is 2.33. The maximum absolute atomic E-state index is 12.7. The molecule has 0 aliphatic rings. The number of hydrogen-bond donors (Lipinski definition) is 1. The van der Waals surface area contributed by atoms with Crippen molar-refractivity contribution in [2.45, 2.75) is 24.9 Å². The maximum Gasteiger partial charge on any atom is 0.243 e. The molecule has 0 aliphatic carbocycles. The van der Waals surface area contributed by atoms with E-state index in [0.717, 1.165) is 17.0 Å². The van der Waals surface area contributed by atoms with Crippen LogP contribution in [0.25, 0.3) is 0 Å². The Hall–Kier alpha value is -2.54. The fourth-order valence-electron chi connectivity index (χ4n) is 2.22. The molecule has 3 aromatic rings. The summed E-state index contributed by atoms with van der Waals surface area (Å²) in [5, 5.41) is 10.1. The molecule has 0 bridgehead atoms. The van der Waals surface area contributed by atoms with Gasteiger partial charge < -0.3 is 14.4 Å². The summed E-state index contributed by atoms with van der Waals surface area (Å²) in [6.07, 6.45) is 0. The van der Waals surface area contributed by atoms with E-state index in [9.17, 15) is 4.79 Å². The van der Waals surface area contributed by atoms with Gasteiger partial charge >= 0.3 is 0 Å². The molecule has 24 heavy (non-hydrogen) atoms. The molecule has 0 radical (unpaired) electrons. The maximum atomic E-state index is 12.7. The van der Waals surface area contributed by atoms with Crippen molar-refractivity contribution in [1.29, 1.82) is 0 Å². The van der Waals surface area contributed by atoms with Gasteiger partial charge in [0.15, 0.2) is 5.82 Å². The molecule has 6 nitrogen and oxygen atoms in total. The number of rotatable bonds is 6. The summed E-state index contributed by atoms with van der Waals surface area (Å²) < 4.78 is 10.2. The quantitative estimate of drug-likeness (QED) is 0.731. The molecule has 3 rings (SSSR count). The molecule has 0 aliphatic heterocycles. The predicted octanol–water partition coefficient (Wildman–Crippen LogP) is 3.89. The Kier molecular flexibility index (Phi) is 5.00. The second-order valence-electron chi connectivity index (χ2n) is 5.35. The van der Waals surface area contributed by atoms with E-state index in [1.165, 1.54) is 11.8 Å². The number of benzene rings is 1. The van der Waals surface area contributed by atoms with Crippen LogP contribution in [0.1, 0.15) is 28.0 Å². The zero-order chi connectivity index (χ0) is 16.9. The van der Waals surface area contributed by atoms with Gasteiger partial charge in [-0.05, 0) is 19.4 Å². The van der Waals surface area contributed by atoms with Crippen LogP contribution in [0.4, 0.5) is 5.82 Å². The minimum Gasteiger partial charge on any atom is -0.360 e. The summed E-state index contributed by atoms with van der Waals surface area (Å²) in [6, 6.07) is 13.2. The number of carbonyl (C=O) groups is 1. The number of anilines is 1. The van der Waals surface area contributed by atoms with Gasteiger partial charge in [-0.2, -0.15) is 0 Å². The van der Waals surface area contributed by atoms with Crippen LogP contribution in [0, 0.1) is 13.8 Å². The van der Waals surface area contributed by atoms with Crippen LogP contribution in [-0.2, 0) is 10.5 Å². The van der Waals surface area contributed by atoms with Crippen LogP contribution in [0.3, 0.4) is 0 Å². The van der Waals surface area contributed by atoms with Gasteiger partial charge in [-0.25, -0.2) is 0 Å². The van der Waals surface area contributed by atoms with E-state index in [1.54, 1.807) is 13.0 Å². The summed E-state index contributed by atoms with van der Waals surface area (Å²) in [5.74, 6) is 2.19. The summed E-state index contributed by atoms with van der Waals surface area (Å²) in [5.41, 5.74) is 1.74. The van der Waals surface area contributed by atoms with Crippen molar-refractivity contribution in [2.75, 3.05) is 5.32 Å². The first-order valence-electron chi connectivity index (χ1n) is 7.45. The molecule has 2 heterocycles. The Labute approximate surface area is 143 Å². The van der Waals surface area contributed by atoms with Gasteiger partial charge in [0.2, 0.25) is 5.91 Å². The minimum atomic E-state index is -0.395. The summed E-state index contributed by atoms with van der Waals surface area (Å²) >= 11 is 1.47. The van der Waals surface area contributed by atoms with Crippen LogP contribution in [0.15, 0.2) is 51.5 Å². The number of aromatic nitrogens is 2. The van der Waals surface area contributed by atoms with Gasteiger partial charge in [0.25, 0.3) is 0 Å². The minimum absolute atomic E-state index is 0.157. The van der Waals surface area contributed by atoms with Crippen LogP contribution in [0.5, 0.6) is 0 Å². The van der Waals surface area contributed by atoms with Crippen LogP contribution in [0.2, 0.25) is 0 Å². The number of nitrogens with zero attached hydrogens (tertiary/aromatic N) is 2. The summed E-state index contributed by atoms with van der Waals surface area (Å²) in [7, 11) is 0. The van der Waals surface area contributed by atoms with Crippen molar-refractivity contribution < 1.29 is 13.8 Å². The first kappa shape index (κ1) is 16.3. The summed E-state index contributed by atoms with van der Waals surface area (Å²) in [6.45, 7) is 3.64. The highest BCUT2D eigenvalue weighted by molar-refractivity contribution is 7.99. The van der Waals surface area contributed by atoms with Crippen molar-refractivity contribution in [3.63, 3.8) is 0 Å². The lowest BCUT2D eigenvalue weighted by atomic mass is 10.1. The van der Waals surface area contributed by atoms with Crippen LogP contribution in [-0.4, -0.2) is 16.2 Å². The highest BCUT2D eigenvalue weighted by Gasteiger charge is 2.23. The third kappa shape index (κ3) is 4.05. The molecule has 0 unspecified atom stereocenters. The normalized spacial score (nSPS) is 12.1. The van der Waals surface area contributed by atoms with E-state index in [0.29, 0.717) is 17.3 Å². The number of carbonyl (C=O) groups excluding carboxylic acids is 1. The smallest absolute Gasteiger partial charge is 0.243 e. The standard InChI is InChI=1S/C17H17N3O3S/c1-11-8-14(23-19-11)10-24-16(13-6-4-3-5-7-13)17(21)18-15-9-12(2)22-20-15/h3-9,16H,10H2,1-2H3,(H,18,20,21)/t16-/m1/s1. The lowest BCUT2D eigenvalue weighted by molar-refractivity contribution is -0.115. The Morgan fingerprint density at radius 2 is 1.96 bits per heavy atom. The van der Waals surface area contributed by atoms with Crippen molar-refractivity contribution in [2.24, 2.45) is 0 Å². The zero-order valence-electron chi connectivity index (χ0n) is 13.4. The Balaban J connectivity index is 1.75. The molecule has 1 aromatic carbocycles. The van der Waals surface area contributed by atoms with Crippen molar-refractivity contribution in [3.8, 4) is 0 Å². The predicted molar refractivity (Wildman–Crippen MR) is 91.6 cm³/mol. The molecule has 0 saturated carbocycles. The molecule has 1 amide bonds.